The number of hydrogen-bond acceptors (Lipinski definition) is 5. The van der Waals surface area contributed by atoms with Crippen LogP contribution in [0.25, 0.3) is 0 Å². The van der Waals surface area contributed by atoms with Crippen LogP contribution in [0.5, 0.6) is 0 Å². The van der Waals surface area contributed by atoms with E-state index in [-0.39, 0.29) is 34.9 Å². The molecular formula is C34H44BN3O4. The van der Waals surface area contributed by atoms with Gasteiger partial charge in [-0.25, -0.2) is 0 Å². The molecule has 222 valence electrons. The van der Waals surface area contributed by atoms with Crippen LogP contribution in [0.3, 0.4) is 0 Å². The Morgan fingerprint density at radius 1 is 1.05 bits per heavy atom. The molecule has 0 aromatic heterocycles. The SMILES string of the molecule is CN(C)C(=O)[C@H](C#N)Cc1cccc(CCCC(=O)N[C@@H](Cc2ccccc2)B2O[C@@H]3C[C@@H]4C[C@@H](C4(C)C)[C@]3(C)O2)c1. The minimum Gasteiger partial charge on any atom is -0.404 e. The van der Waals surface area contributed by atoms with Gasteiger partial charge in [-0.2, -0.15) is 5.26 Å². The summed E-state index contributed by atoms with van der Waals surface area (Å²) in [7, 11) is 2.86. The van der Waals surface area contributed by atoms with E-state index in [0.29, 0.717) is 37.5 Å². The molecule has 6 atom stereocenters. The van der Waals surface area contributed by atoms with Crippen molar-refractivity contribution in [3.63, 3.8) is 0 Å². The van der Waals surface area contributed by atoms with E-state index in [4.69, 9.17) is 9.31 Å². The van der Waals surface area contributed by atoms with Gasteiger partial charge >= 0.3 is 7.12 Å². The van der Waals surface area contributed by atoms with Crippen molar-refractivity contribution < 1.29 is 18.9 Å². The quantitative estimate of drug-likeness (QED) is 0.394. The fraction of sp³-hybridized carbons (Fsp3) is 0.559. The molecule has 2 aromatic rings. The second-order valence-corrected chi connectivity index (χ2v) is 13.5. The Hall–Kier alpha value is -3.15. The van der Waals surface area contributed by atoms with Crippen molar-refractivity contribution in [3.8, 4) is 6.07 Å². The van der Waals surface area contributed by atoms with Gasteiger partial charge in [0.25, 0.3) is 0 Å². The van der Waals surface area contributed by atoms with E-state index in [1.54, 1.807) is 14.1 Å². The Bertz CT molecular complexity index is 1330. The van der Waals surface area contributed by atoms with Crippen LogP contribution in [-0.2, 0) is 38.2 Å². The van der Waals surface area contributed by atoms with Crippen molar-refractivity contribution in [2.24, 2.45) is 23.2 Å². The molecule has 6 rings (SSSR count). The summed E-state index contributed by atoms with van der Waals surface area (Å²) in [4.78, 5) is 27.0. The van der Waals surface area contributed by atoms with E-state index in [1.807, 2.05) is 42.5 Å². The Morgan fingerprint density at radius 2 is 1.76 bits per heavy atom. The molecule has 1 saturated heterocycles. The van der Waals surface area contributed by atoms with Crippen LogP contribution in [0.2, 0.25) is 0 Å². The van der Waals surface area contributed by atoms with Crippen LogP contribution in [-0.4, -0.2) is 55.6 Å². The van der Waals surface area contributed by atoms with Gasteiger partial charge in [-0.15, -0.1) is 0 Å². The lowest BCUT2D eigenvalue weighted by Crippen LogP contribution is -2.65. The normalized spacial score (nSPS) is 26.8. The number of amides is 2. The van der Waals surface area contributed by atoms with E-state index in [9.17, 15) is 14.9 Å². The maximum atomic E-state index is 13.3. The summed E-state index contributed by atoms with van der Waals surface area (Å²) < 4.78 is 13.3. The summed E-state index contributed by atoms with van der Waals surface area (Å²) in [5.41, 5.74) is 3.12. The highest BCUT2D eigenvalue weighted by Gasteiger charge is 2.68. The van der Waals surface area contributed by atoms with E-state index >= 15 is 0 Å². The number of rotatable bonds is 11. The Kier molecular flexibility index (Phi) is 8.82. The molecule has 2 aromatic carbocycles. The van der Waals surface area contributed by atoms with Gasteiger partial charge in [-0.05, 0) is 79.4 Å². The fourth-order valence-corrected chi connectivity index (χ4v) is 7.53. The van der Waals surface area contributed by atoms with E-state index in [2.05, 4.69) is 44.3 Å². The van der Waals surface area contributed by atoms with Crippen LogP contribution in [0, 0.1) is 34.5 Å². The smallest absolute Gasteiger partial charge is 0.404 e. The summed E-state index contributed by atoms with van der Waals surface area (Å²) in [5.74, 6) is -0.0395. The molecule has 1 heterocycles. The molecule has 2 amide bonds. The van der Waals surface area contributed by atoms with Crippen molar-refractivity contribution in [3.05, 3.63) is 71.3 Å². The first-order valence-electron chi connectivity index (χ1n) is 15.4. The third-order valence-corrected chi connectivity index (χ3v) is 10.1. The van der Waals surface area contributed by atoms with Gasteiger partial charge in [-0.3, -0.25) is 9.59 Å². The first kappa shape index (κ1) is 30.3. The van der Waals surface area contributed by atoms with Crippen molar-refractivity contribution >= 4 is 18.9 Å². The summed E-state index contributed by atoms with van der Waals surface area (Å²) in [6.45, 7) is 6.92. The topological polar surface area (TPSA) is 91.7 Å². The zero-order valence-electron chi connectivity index (χ0n) is 25.6. The molecule has 0 radical (unpaired) electrons. The van der Waals surface area contributed by atoms with Crippen molar-refractivity contribution in [2.75, 3.05) is 14.1 Å². The van der Waals surface area contributed by atoms with E-state index < -0.39 is 13.0 Å². The Labute approximate surface area is 251 Å². The number of carbonyl (C=O) groups is 2. The van der Waals surface area contributed by atoms with Crippen LogP contribution in [0.1, 0.15) is 63.1 Å². The number of nitrogens with zero attached hydrogens (tertiary/aromatic N) is 2. The first-order chi connectivity index (χ1) is 20.0. The van der Waals surface area contributed by atoms with Gasteiger partial charge < -0.3 is 19.5 Å². The van der Waals surface area contributed by atoms with Gasteiger partial charge in [0.15, 0.2) is 0 Å². The van der Waals surface area contributed by atoms with E-state index in [1.165, 1.54) is 11.3 Å². The second-order valence-electron chi connectivity index (χ2n) is 13.5. The van der Waals surface area contributed by atoms with Crippen LogP contribution < -0.4 is 5.32 Å². The molecule has 1 N–H and O–H groups in total. The lowest BCUT2D eigenvalue weighted by Gasteiger charge is -2.64. The van der Waals surface area contributed by atoms with Crippen molar-refractivity contribution in [2.45, 2.75) is 83.4 Å². The summed E-state index contributed by atoms with van der Waals surface area (Å²) in [6, 6.07) is 20.3. The minimum absolute atomic E-state index is 0.00920. The standard InChI is InChI=1S/C34H44BN3O4/c1-33(2)27-20-28(33)34(3)29(21-27)41-35(42-34)30(19-24-11-7-6-8-12-24)37-31(39)16-10-14-23-13-9-15-25(17-23)18-26(22-36)32(40)38(4)5/h6-9,11-13,15,17,26-30H,10,14,16,18-21H2,1-5H3,(H,37,39)/t26-,27-,28-,29+,30-,34-/m0/s1. The van der Waals surface area contributed by atoms with Crippen LogP contribution in [0.4, 0.5) is 0 Å². The highest BCUT2D eigenvalue weighted by molar-refractivity contribution is 6.48. The van der Waals surface area contributed by atoms with Gasteiger partial charge in [0.1, 0.15) is 5.92 Å². The molecule has 3 aliphatic carbocycles. The molecule has 4 aliphatic rings. The predicted molar refractivity (Wildman–Crippen MR) is 163 cm³/mol. The molecule has 2 bridgehead atoms. The molecule has 42 heavy (non-hydrogen) atoms. The van der Waals surface area contributed by atoms with Gasteiger partial charge in [0.05, 0.1) is 23.7 Å². The van der Waals surface area contributed by atoms with Crippen molar-refractivity contribution in [1.82, 2.24) is 10.2 Å². The second kappa shape index (κ2) is 12.2. The predicted octanol–water partition coefficient (Wildman–Crippen LogP) is 4.77. The number of hydrogen-bond donors (Lipinski definition) is 1. The molecule has 7 nitrogen and oxygen atoms in total. The highest BCUT2D eigenvalue weighted by atomic mass is 16.7. The lowest BCUT2D eigenvalue weighted by molar-refractivity contribution is -0.199. The molecule has 4 fully saturated rings. The summed E-state index contributed by atoms with van der Waals surface area (Å²) >= 11 is 0. The number of nitriles is 1. The largest absolute Gasteiger partial charge is 0.482 e. The maximum absolute atomic E-state index is 13.3. The number of aryl methyl sites for hydroxylation is 1. The average molecular weight is 570 g/mol. The number of nitrogens with one attached hydrogen (secondary N) is 1. The third-order valence-electron chi connectivity index (χ3n) is 10.1. The average Bonchev–Trinajstić information content (AvgIpc) is 3.33. The van der Waals surface area contributed by atoms with E-state index in [0.717, 1.165) is 29.5 Å². The van der Waals surface area contributed by atoms with Gasteiger partial charge in [0, 0.05) is 20.5 Å². The number of benzene rings is 2. The molecule has 0 unspecified atom stereocenters. The third kappa shape index (κ3) is 6.14. The monoisotopic (exact) mass is 569 g/mol. The number of carbonyl (C=O) groups excluding carboxylic acids is 2. The van der Waals surface area contributed by atoms with Gasteiger partial charge in [-0.1, -0.05) is 68.4 Å². The summed E-state index contributed by atoms with van der Waals surface area (Å²) in [6.07, 6.45) is 5.11. The van der Waals surface area contributed by atoms with Crippen molar-refractivity contribution in [1.29, 1.82) is 5.26 Å². The van der Waals surface area contributed by atoms with Gasteiger partial charge in [0.2, 0.25) is 11.8 Å². The van der Waals surface area contributed by atoms with Crippen LogP contribution in [0.15, 0.2) is 54.6 Å². The molecule has 8 heteroatoms. The fourth-order valence-electron chi connectivity index (χ4n) is 7.53. The zero-order valence-corrected chi connectivity index (χ0v) is 25.6. The highest BCUT2D eigenvalue weighted by Crippen LogP contribution is 2.65. The molecule has 0 spiro atoms. The molecular weight excluding hydrogens is 525 g/mol. The molecule has 3 saturated carbocycles. The summed E-state index contributed by atoms with van der Waals surface area (Å²) in [5, 5.41) is 12.7. The lowest BCUT2D eigenvalue weighted by atomic mass is 9.43. The zero-order chi connectivity index (χ0) is 30.1. The molecule has 1 aliphatic heterocycles. The Morgan fingerprint density at radius 3 is 2.45 bits per heavy atom. The first-order valence-corrected chi connectivity index (χ1v) is 15.4. The Balaban J connectivity index is 1.19. The van der Waals surface area contributed by atoms with Crippen LogP contribution >= 0.6 is 0 Å². The minimum atomic E-state index is -0.703. The maximum Gasteiger partial charge on any atom is 0.482 e.